The summed E-state index contributed by atoms with van der Waals surface area (Å²) in [5.41, 5.74) is 0. The van der Waals surface area contributed by atoms with Crippen LogP contribution in [-0.4, -0.2) is 28.8 Å². The first kappa shape index (κ1) is 12.1. The van der Waals surface area contributed by atoms with Crippen LogP contribution in [0.2, 0.25) is 0 Å². The molecule has 0 bridgehead atoms. The molecule has 0 aliphatic rings. The highest BCUT2D eigenvalue weighted by molar-refractivity contribution is 7.84. The highest BCUT2D eigenvalue weighted by Gasteiger charge is 2.02. The van der Waals surface area contributed by atoms with Gasteiger partial charge in [0.1, 0.15) is 0 Å². The lowest BCUT2D eigenvalue weighted by molar-refractivity contribution is 0.476. The highest BCUT2D eigenvalue weighted by Crippen LogP contribution is 1.95. The van der Waals surface area contributed by atoms with Crippen molar-refractivity contribution in [2.75, 3.05) is 18.6 Å². The molecular weight excluding hydrogens is 170 g/mol. The van der Waals surface area contributed by atoms with Crippen LogP contribution in [0.1, 0.15) is 27.2 Å². The van der Waals surface area contributed by atoms with E-state index in [1.54, 1.807) is 6.26 Å². The minimum Gasteiger partial charge on any atom is -0.314 e. The molecule has 0 radical (unpaired) electrons. The molecule has 3 heteroatoms. The lowest BCUT2D eigenvalue weighted by Crippen LogP contribution is -2.30. The molecule has 0 saturated carbocycles. The van der Waals surface area contributed by atoms with Crippen molar-refractivity contribution >= 4 is 10.8 Å². The molecule has 0 aromatic heterocycles. The summed E-state index contributed by atoms with van der Waals surface area (Å²) < 4.78 is 10.8. The Bertz CT molecular complexity index is 136. The predicted molar refractivity (Wildman–Crippen MR) is 55.9 cm³/mol. The smallest absolute Gasteiger partial charge is 0.0246 e. The zero-order chi connectivity index (χ0) is 9.56. The molecule has 0 aromatic rings. The fourth-order valence-electron chi connectivity index (χ4n) is 0.882. The summed E-state index contributed by atoms with van der Waals surface area (Å²) in [4.78, 5) is 0. The van der Waals surface area contributed by atoms with Gasteiger partial charge in [-0.15, -0.1) is 0 Å². The summed E-state index contributed by atoms with van der Waals surface area (Å²) in [7, 11) is -0.640. The molecule has 2 nitrogen and oxygen atoms in total. The maximum atomic E-state index is 10.8. The van der Waals surface area contributed by atoms with Gasteiger partial charge in [-0.1, -0.05) is 13.8 Å². The van der Waals surface area contributed by atoms with E-state index >= 15 is 0 Å². The number of hydrogen-bond donors (Lipinski definition) is 1. The van der Waals surface area contributed by atoms with Gasteiger partial charge in [0.15, 0.2) is 0 Å². The third kappa shape index (κ3) is 8.21. The Morgan fingerprint density at radius 3 is 2.33 bits per heavy atom. The van der Waals surface area contributed by atoms with Crippen LogP contribution < -0.4 is 5.32 Å². The second-order valence-corrected chi connectivity index (χ2v) is 5.32. The topological polar surface area (TPSA) is 29.1 Å². The molecule has 0 aromatic carbocycles. The van der Waals surface area contributed by atoms with E-state index in [2.05, 4.69) is 26.1 Å². The lowest BCUT2D eigenvalue weighted by atomic mass is 10.2. The average Bonchev–Trinajstić information content (AvgIpc) is 1.96. The fourth-order valence-corrected chi connectivity index (χ4v) is 1.57. The second kappa shape index (κ2) is 6.61. The Kier molecular flexibility index (Phi) is 6.67. The second-order valence-electron chi connectivity index (χ2n) is 3.77. The minimum atomic E-state index is -0.640. The Morgan fingerprint density at radius 2 is 1.92 bits per heavy atom. The highest BCUT2D eigenvalue weighted by atomic mass is 32.2. The molecular formula is C9H21NOS. The van der Waals surface area contributed by atoms with Crippen molar-refractivity contribution in [3.05, 3.63) is 0 Å². The number of nitrogens with one attached hydrogen (secondary N) is 1. The van der Waals surface area contributed by atoms with Gasteiger partial charge in [-0.05, 0) is 25.8 Å². The molecule has 0 spiro atoms. The SMILES string of the molecule is CC(C)CNC(C)CCS(C)=O. The normalized spacial score (nSPS) is 16.4. The predicted octanol–water partition coefficient (Wildman–Crippen LogP) is 1.39. The average molecular weight is 191 g/mol. The first-order valence-corrected chi connectivity index (χ1v) is 6.28. The number of hydrogen-bond acceptors (Lipinski definition) is 2. The molecule has 1 N–H and O–H groups in total. The Morgan fingerprint density at radius 1 is 1.33 bits per heavy atom. The van der Waals surface area contributed by atoms with Crippen molar-refractivity contribution in [2.24, 2.45) is 5.92 Å². The monoisotopic (exact) mass is 191 g/mol. The summed E-state index contributed by atoms with van der Waals surface area (Å²) >= 11 is 0. The van der Waals surface area contributed by atoms with E-state index in [0.717, 1.165) is 18.7 Å². The van der Waals surface area contributed by atoms with E-state index in [0.29, 0.717) is 12.0 Å². The van der Waals surface area contributed by atoms with Crippen LogP contribution in [0.15, 0.2) is 0 Å². The van der Waals surface area contributed by atoms with Gasteiger partial charge in [0.05, 0.1) is 0 Å². The van der Waals surface area contributed by atoms with Crippen molar-refractivity contribution in [3.8, 4) is 0 Å². The molecule has 0 amide bonds. The summed E-state index contributed by atoms with van der Waals surface area (Å²) in [6.45, 7) is 7.59. The van der Waals surface area contributed by atoms with Gasteiger partial charge in [-0.2, -0.15) is 0 Å². The van der Waals surface area contributed by atoms with Crippen molar-refractivity contribution in [1.29, 1.82) is 0 Å². The summed E-state index contributed by atoms with van der Waals surface area (Å²) in [6.07, 6.45) is 2.77. The van der Waals surface area contributed by atoms with Crippen LogP contribution in [0.25, 0.3) is 0 Å². The molecule has 74 valence electrons. The zero-order valence-corrected chi connectivity index (χ0v) is 9.41. The van der Waals surface area contributed by atoms with Crippen molar-refractivity contribution in [1.82, 2.24) is 5.32 Å². The van der Waals surface area contributed by atoms with Crippen molar-refractivity contribution in [2.45, 2.75) is 33.2 Å². The Hall–Kier alpha value is 0.110. The van der Waals surface area contributed by atoms with Crippen LogP contribution in [0.4, 0.5) is 0 Å². The van der Waals surface area contributed by atoms with Gasteiger partial charge in [0.25, 0.3) is 0 Å². The van der Waals surface area contributed by atoms with Crippen LogP contribution in [0.5, 0.6) is 0 Å². The summed E-state index contributed by atoms with van der Waals surface area (Å²) in [5, 5.41) is 3.40. The van der Waals surface area contributed by atoms with E-state index in [1.165, 1.54) is 0 Å². The van der Waals surface area contributed by atoms with Crippen LogP contribution in [-0.2, 0) is 10.8 Å². The standard InChI is InChI=1S/C9H21NOS/c1-8(2)7-10-9(3)5-6-12(4)11/h8-10H,5-7H2,1-4H3. The minimum absolute atomic E-state index is 0.497. The summed E-state index contributed by atoms with van der Waals surface area (Å²) in [5.74, 6) is 1.51. The molecule has 0 fully saturated rings. The molecule has 0 saturated heterocycles. The lowest BCUT2D eigenvalue weighted by Gasteiger charge is -2.14. The van der Waals surface area contributed by atoms with Gasteiger partial charge < -0.3 is 5.32 Å². The van der Waals surface area contributed by atoms with Gasteiger partial charge in [-0.25, -0.2) is 0 Å². The summed E-state index contributed by atoms with van der Waals surface area (Å²) in [6, 6.07) is 0.497. The zero-order valence-electron chi connectivity index (χ0n) is 8.59. The van der Waals surface area contributed by atoms with Crippen molar-refractivity contribution in [3.63, 3.8) is 0 Å². The van der Waals surface area contributed by atoms with E-state index in [1.807, 2.05) is 0 Å². The quantitative estimate of drug-likeness (QED) is 0.687. The van der Waals surface area contributed by atoms with Crippen molar-refractivity contribution < 1.29 is 4.21 Å². The molecule has 12 heavy (non-hydrogen) atoms. The van der Waals surface area contributed by atoms with E-state index in [4.69, 9.17) is 0 Å². The van der Waals surface area contributed by atoms with Gasteiger partial charge in [-0.3, -0.25) is 4.21 Å². The maximum Gasteiger partial charge on any atom is 0.0246 e. The van der Waals surface area contributed by atoms with E-state index < -0.39 is 10.8 Å². The molecule has 2 unspecified atom stereocenters. The molecule has 0 aliphatic heterocycles. The van der Waals surface area contributed by atoms with Gasteiger partial charge in [0, 0.05) is 28.9 Å². The van der Waals surface area contributed by atoms with Crippen LogP contribution in [0.3, 0.4) is 0 Å². The third-order valence-electron chi connectivity index (χ3n) is 1.71. The van der Waals surface area contributed by atoms with Crippen LogP contribution in [0, 0.1) is 5.92 Å². The molecule has 0 rings (SSSR count). The van der Waals surface area contributed by atoms with E-state index in [-0.39, 0.29) is 0 Å². The Labute approximate surface area is 78.6 Å². The largest absolute Gasteiger partial charge is 0.314 e. The first-order chi connectivity index (χ1) is 5.52. The Balaban J connectivity index is 3.33. The van der Waals surface area contributed by atoms with Gasteiger partial charge >= 0.3 is 0 Å². The van der Waals surface area contributed by atoms with Crippen LogP contribution >= 0.6 is 0 Å². The molecule has 0 heterocycles. The first-order valence-electron chi connectivity index (χ1n) is 4.55. The fraction of sp³-hybridized carbons (Fsp3) is 1.00. The van der Waals surface area contributed by atoms with Gasteiger partial charge in [0.2, 0.25) is 0 Å². The van der Waals surface area contributed by atoms with E-state index in [9.17, 15) is 4.21 Å². The maximum absolute atomic E-state index is 10.8. The number of rotatable bonds is 6. The molecule has 2 atom stereocenters. The molecule has 0 aliphatic carbocycles. The third-order valence-corrected chi connectivity index (χ3v) is 2.52.